The summed E-state index contributed by atoms with van der Waals surface area (Å²) in [6.07, 6.45) is 11.7. The summed E-state index contributed by atoms with van der Waals surface area (Å²) >= 11 is 0. The molecule has 0 radical (unpaired) electrons. The molecule has 3 heterocycles. The van der Waals surface area contributed by atoms with E-state index in [1.165, 1.54) is 11.3 Å². The van der Waals surface area contributed by atoms with Crippen LogP contribution in [0.1, 0.15) is 146 Å². The fourth-order valence-electron chi connectivity index (χ4n) is 13.2. The van der Waals surface area contributed by atoms with Gasteiger partial charge in [0.2, 0.25) is 5.91 Å². The van der Waals surface area contributed by atoms with Crippen LogP contribution in [0.3, 0.4) is 0 Å². The summed E-state index contributed by atoms with van der Waals surface area (Å²) < 4.78 is 8.90. The first-order valence-electron chi connectivity index (χ1n) is 20.7. The van der Waals surface area contributed by atoms with Gasteiger partial charge in [-0.3, -0.25) is 9.59 Å². The number of carbonyl (C=O) groups excluding carboxylic acids is 2. The fraction of sp³-hybridized carbons (Fsp3) is 0.617. The summed E-state index contributed by atoms with van der Waals surface area (Å²) in [5.74, 6) is 0.0532. The highest BCUT2D eigenvalue weighted by Crippen LogP contribution is 2.71. The van der Waals surface area contributed by atoms with E-state index in [0.29, 0.717) is 29.9 Å². The van der Waals surface area contributed by atoms with Crippen molar-refractivity contribution >= 4 is 28.2 Å². The number of ether oxygens (including phenoxy) is 1. The van der Waals surface area contributed by atoms with Crippen LogP contribution in [0, 0.1) is 28.6 Å². The van der Waals surface area contributed by atoms with Crippen LogP contribution in [-0.2, 0) is 21.4 Å². The van der Waals surface area contributed by atoms with E-state index in [2.05, 4.69) is 83.1 Å². The third kappa shape index (κ3) is 5.02. The van der Waals surface area contributed by atoms with Gasteiger partial charge in [0, 0.05) is 39.0 Å². The van der Waals surface area contributed by atoms with Crippen LogP contribution in [-0.4, -0.2) is 61.5 Å². The minimum atomic E-state index is -0.864. The van der Waals surface area contributed by atoms with Crippen molar-refractivity contribution < 1.29 is 29.6 Å². The van der Waals surface area contributed by atoms with Crippen LogP contribution in [0.5, 0.6) is 0 Å². The van der Waals surface area contributed by atoms with E-state index < -0.39 is 34.9 Å². The minimum absolute atomic E-state index is 0.0234. The second-order valence-corrected chi connectivity index (χ2v) is 19.8. The second kappa shape index (κ2) is 12.3. The number of amides is 1. The van der Waals surface area contributed by atoms with Crippen molar-refractivity contribution in [2.45, 2.75) is 149 Å². The third-order valence-electron chi connectivity index (χ3n) is 15.8. The first-order valence-corrected chi connectivity index (χ1v) is 20.7. The fourth-order valence-corrected chi connectivity index (χ4v) is 13.2. The average Bonchev–Trinajstić information content (AvgIpc) is 3.77. The number of nitrogens with one attached hydrogen (secondary N) is 1. The molecule has 8 heteroatoms. The number of aliphatic hydroxyl groups is 3. The molecule has 4 N–H and O–H groups in total. The number of rotatable bonds is 7. The highest BCUT2D eigenvalue weighted by Gasteiger charge is 2.67. The minimum Gasteiger partial charge on any atom is -0.394 e. The number of allylic oxidation sites excluding steroid dienone is 3. The standard InChI is InChI=1S/C47H62N2O6/c1-12-27(23-50)48-42(54)25(4)14-13-18-45(9)32-16-15-26-20-30-29-21-28-31-22-43(5,6)55-44(7,8)36(31)39(52)34(28)35-38(29)49(37(24(2)3)40(35)53)41(30)47(26,11)46(32,10)19-17-33(45)51/h13-14,18,21-22,26-27,32-33,36-37,39,50-52H,2,12,15-17,19-20,23H2,1,3-11H3,(H,48,54)/b18-13+,25-14+. The Kier molecular flexibility index (Phi) is 8.66. The van der Waals surface area contributed by atoms with Gasteiger partial charge in [-0.25, -0.2) is 0 Å². The summed E-state index contributed by atoms with van der Waals surface area (Å²) in [5.41, 5.74) is 6.14. The number of benzene rings is 1. The molecule has 296 valence electrons. The van der Waals surface area contributed by atoms with Crippen LogP contribution in [0.25, 0.3) is 16.5 Å². The summed E-state index contributed by atoms with van der Waals surface area (Å²) in [4.78, 5) is 27.8. The summed E-state index contributed by atoms with van der Waals surface area (Å²) in [6.45, 7) is 25.3. The molecule has 4 aliphatic carbocycles. The Balaban J connectivity index is 1.27. The molecule has 1 amide bonds. The van der Waals surface area contributed by atoms with Crippen molar-refractivity contribution in [3.8, 4) is 0 Å². The molecule has 2 aromatic rings. The molecule has 10 unspecified atom stereocenters. The summed E-state index contributed by atoms with van der Waals surface area (Å²) in [6, 6.07) is 1.47. The van der Waals surface area contributed by atoms with Crippen LogP contribution >= 0.6 is 0 Å². The van der Waals surface area contributed by atoms with E-state index in [1.54, 1.807) is 6.92 Å². The van der Waals surface area contributed by atoms with E-state index in [1.807, 2.05) is 26.0 Å². The van der Waals surface area contributed by atoms with Crippen molar-refractivity contribution in [2.24, 2.45) is 28.6 Å². The molecule has 0 spiro atoms. The number of nitrogens with zero attached hydrogens (tertiary/aromatic N) is 1. The lowest BCUT2D eigenvalue weighted by Gasteiger charge is -2.64. The van der Waals surface area contributed by atoms with Gasteiger partial charge in [0.25, 0.3) is 0 Å². The Labute approximate surface area is 326 Å². The summed E-state index contributed by atoms with van der Waals surface area (Å²) in [7, 11) is 0. The molecule has 2 aliphatic heterocycles. The lowest BCUT2D eigenvalue weighted by Crippen LogP contribution is -2.62. The number of aliphatic hydroxyl groups excluding tert-OH is 3. The van der Waals surface area contributed by atoms with Gasteiger partial charge in [0.15, 0.2) is 5.78 Å². The number of carbonyl (C=O) groups is 2. The second-order valence-electron chi connectivity index (χ2n) is 19.8. The number of hydrogen-bond donors (Lipinski definition) is 4. The predicted molar refractivity (Wildman–Crippen MR) is 217 cm³/mol. The van der Waals surface area contributed by atoms with Crippen LogP contribution in [0.2, 0.25) is 0 Å². The SMILES string of the molecule is C=C(C)C1C(=O)c2c3c(cc4c5c(n1c24)C1(C)C(CCC2C(C)(/C=C/C=C(\C)C(=O)NC(CC)CO)C(O)CCC21C)C5)C1=CC(C)(C)OC(C)(C)C1C3O. The van der Waals surface area contributed by atoms with Crippen molar-refractivity contribution in [1.29, 1.82) is 0 Å². The number of aromatic nitrogens is 1. The third-order valence-corrected chi connectivity index (χ3v) is 15.8. The maximum Gasteiger partial charge on any atom is 0.247 e. The molecule has 8 nitrogen and oxygen atoms in total. The smallest absolute Gasteiger partial charge is 0.247 e. The zero-order chi connectivity index (χ0) is 39.9. The Bertz CT molecular complexity index is 2130. The first-order chi connectivity index (χ1) is 25.7. The molecule has 2 saturated carbocycles. The van der Waals surface area contributed by atoms with Crippen LogP contribution in [0.15, 0.2) is 48.1 Å². The van der Waals surface area contributed by atoms with Crippen molar-refractivity contribution in [3.05, 3.63) is 76.0 Å². The van der Waals surface area contributed by atoms with Crippen LogP contribution in [0.4, 0.5) is 0 Å². The molecule has 1 aromatic carbocycles. The van der Waals surface area contributed by atoms with Crippen molar-refractivity contribution in [1.82, 2.24) is 9.88 Å². The van der Waals surface area contributed by atoms with Gasteiger partial charge >= 0.3 is 0 Å². The van der Waals surface area contributed by atoms with E-state index in [0.717, 1.165) is 58.9 Å². The molecule has 6 aliphatic rings. The first kappa shape index (κ1) is 38.6. The Hall–Kier alpha value is -3.30. The average molecular weight is 751 g/mol. The van der Waals surface area contributed by atoms with Crippen molar-refractivity contribution in [2.75, 3.05) is 6.61 Å². The van der Waals surface area contributed by atoms with Gasteiger partial charge < -0.3 is 29.9 Å². The molecule has 0 saturated heterocycles. The van der Waals surface area contributed by atoms with Gasteiger partial charge in [-0.1, -0.05) is 58.1 Å². The van der Waals surface area contributed by atoms with Crippen LogP contribution < -0.4 is 5.32 Å². The lowest BCUT2D eigenvalue weighted by atomic mass is 9.40. The Morgan fingerprint density at radius 2 is 1.82 bits per heavy atom. The maximum absolute atomic E-state index is 14.9. The molecule has 55 heavy (non-hydrogen) atoms. The normalized spacial score (nSPS) is 37.3. The van der Waals surface area contributed by atoms with Gasteiger partial charge in [-0.2, -0.15) is 0 Å². The highest BCUT2D eigenvalue weighted by molar-refractivity contribution is 6.18. The molecule has 2 fully saturated rings. The number of Topliss-reactive ketones (excluding diaryl/α,β-unsaturated/α-hetero) is 1. The number of ketones is 1. The molecule has 1 aromatic heterocycles. The quantitative estimate of drug-likeness (QED) is 0.129. The van der Waals surface area contributed by atoms with E-state index >= 15 is 0 Å². The van der Waals surface area contributed by atoms with Gasteiger partial charge in [-0.05, 0) is 126 Å². The number of hydrogen-bond acceptors (Lipinski definition) is 6. The van der Waals surface area contributed by atoms with E-state index in [4.69, 9.17) is 4.74 Å². The predicted octanol–water partition coefficient (Wildman–Crippen LogP) is 7.99. The zero-order valence-corrected chi connectivity index (χ0v) is 34.6. The van der Waals surface area contributed by atoms with E-state index in [9.17, 15) is 24.9 Å². The topological polar surface area (TPSA) is 121 Å². The monoisotopic (exact) mass is 750 g/mol. The van der Waals surface area contributed by atoms with Crippen molar-refractivity contribution in [3.63, 3.8) is 0 Å². The van der Waals surface area contributed by atoms with Gasteiger partial charge in [-0.15, -0.1) is 0 Å². The maximum atomic E-state index is 14.9. The van der Waals surface area contributed by atoms with Gasteiger partial charge in [0.05, 0.1) is 47.1 Å². The van der Waals surface area contributed by atoms with Gasteiger partial charge in [0.1, 0.15) is 6.04 Å². The number of fused-ring (bicyclic) bond motifs is 11. The Morgan fingerprint density at radius 1 is 1.11 bits per heavy atom. The highest BCUT2D eigenvalue weighted by atomic mass is 16.5. The molecular formula is C47H62N2O6. The summed E-state index contributed by atoms with van der Waals surface area (Å²) in [5, 5.41) is 37.7. The molecule has 8 rings (SSSR count). The molecule has 10 atom stereocenters. The zero-order valence-electron chi connectivity index (χ0n) is 34.6. The largest absolute Gasteiger partial charge is 0.394 e. The molecule has 0 bridgehead atoms. The Morgan fingerprint density at radius 3 is 2.47 bits per heavy atom. The van der Waals surface area contributed by atoms with E-state index in [-0.39, 0.29) is 47.0 Å². The lowest BCUT2D eigenvalue weighted by molar-refractivity contribution is -0.144. The molecular weight excluding hydrogens is 689 g/mol.